The zero-order valence-corrected chi connectivity index (χ0v) is 20.6. The molecule has 1 heterocycles. The van der Waals surface area contributed by atoms with Crippen LogP contribution in [0.3, 0.4) is 0 Å². The molecular weight excluding hydrogens is 468 g/mol. The Bertz CT molecular complexity index is 1020. The number of carbonyl (C=O) groups is 3. The van der Waals surface area contributed by atoms with E-state index in [9.17, 15) is 24.6 Å². The van der Waals surface area contributed by atoms with E-state index < -0.39 is 30.1 Å². The van der Waals surface area contributed by atoms with Crippen molar-refractivity contribution in [2.24, 2.45) is 0 Å². The first-order chi connectivity index (χ1) is 17.4. The quantitative estimate of drug-likeness (QED) is 0.425. The van der Waals surface area contributed by atoms with Crippen LogP contribution in [-0.4, -0.2) is 91.5 Å². The van der Waals surface area contributed by atoms with Crippen LogP contribution in [0.4, 0.5) is 0 Å². The van der Waals surface area contributed by atoms with Crippen molar-refractivity contribution in [2.45, 2.75) is 62.3 Å². The lowest BCUT2D eigenvalue weighted by Gasteiger charge is -2.45. The number of methoxy groups -OCH3 is 2. The Morgan fingerprint density at radius 3 is 2.61 bits per heavy atom. The van der Waals surface area contributed by atoms with E-state index in [2.05, 4.69) is 5.32 Å². The second kappa shape index (κ2) is 11.4. The number of carbonyl (C=O) groups excluding carboxylic acids is 3. The van der Waals surface area contributed by atoms with Crippen LogP contribution in [0.1, 0.15) is 53.9 Å². The van der Waals surface area contributed by atoms with E-state index in [4.69, 9.17) is 14.2 Å². The topological polar surface area (TPSA) is 135 Å². The van der Waals surface area contributed by atoms with Gasteiger partial charge in [0, 0.05) is 36.4 Å². The van der Waals surface area contributed by atoms with Gasteiger partial charge in [-0.2, -0.15) is 0 Å². The average molecular weight is 503 g/mol. The molecule has 36 heavy (non-hydrogen) atoms. The van der Waals surface area contributed by atoms with Crippen LogP contribution in [0.15, 0.2) is 23.8 Å². The van der Waals surface area contributed by atoms with Gasteiger partial charge in [0.25, 0.3) is 0 Å². The maximum Gasteiger partial charge on any atom is 0.249 e. The van der Waals surface area contributed by atoms with Crippen molar-refractivity contribution in [2.75, 3.05) is 34.0 Å². The van der Waals surface area contributed by atoms with Crippen molar-refractivity contribution in [1.29, 1.82) is 0 Å². The molecule has 3 aliphatic rings. The molecule has 0 spiro atoms. The molecule has 10 heteroatoms. The third-order valence-corrected chi connectivity index (χ3v) is 7.26. The normalized spacial score (nSPS) is 25.2. The molecule has 1 saturated carbocycles. The number of benzene rings is 1. The Morgan fingerprint density at radius 2 is 1.97 bits per heavy atom. The number of nitrogens with one attached hydrogen (secondary N) is 1. The van der Waals surface area contributed by atoms with Crippen molar-refractivity contribution >= 4 is 18.1 Å². The summed E-state index contributed by atoms with van der Waals surface area (Å²) >= 11 is 0. The molecule has 0 unspecified atom stereocenters. The van der Waals surface area contributed by atoms with Crippen LogP contribution in [0, 0.1) is 0 Å². The van der Waals surface area contributed by atoms with Gasteiger partial charge >= 0.3 is 0 Å². The Kier molecular flexibility index (Phi) is 8.28. The molecule has 1 aliphatic heterocycles. The minimum absolute atomic E-state index is 0.0428. The van der Waals surface area contributed by atoms with Crippen molar-refractivity contribution in [3.8, 4) is 11.5 Å². The van der Waals surface area contributed by atoms with Gasteiger partial charge in [0.05, 0.1) is 25.7 Å². The molecule has 0 bridgehead atoms. The van der Waals surface area contributed by atoms with Gasteiger partial charge in [-0.3, -0.25) is 14.4 Å². The van der Waals surface area contributed by atoms with Gasteiger partial charge < -0.3 is 34.6 Å². The Morgan fingerprint density at radius 1 is 1.22 bits per heavy atom. The molecule has 4 atom stereocenters. The second-order valence-corrected chi connectivity index (χ2v) is 9.43. The lowest BCUT2D eigenvalue weighted by atomic mass is 9.76. The number of aldehydes is 1. The molecule has 1 aromatic carbocycles. The van der Waals surface area contributed by atoms with Gasteiger partial charge in [0.2, 0.25) is 11.8 Å². The summed E-state index contributed by atoms with van der Waals surface area (Å²) in [5, 5.41) is 23.6. The molecule has 3 N–H and O–H groups in total. The van der Waals surface area contributed by atoms with Crippen molar-refractivity contribution < 1.29 is 38.8 Å². The van der Waals surface area contributed by atoms with Gasteiger partial charge in [-0.25, -0.2) is 0 Å². The zero-order chi connectivity index (χ0) is 25.8. The summed E-state index contributed by atoms with van der Waals surface area (Å²) < 4.78 is 16.8. The van der Waals surface area contributed by atoms with E-state index in [0.717, 1.165) is 32.1 Å². The molecule has 10 nitrogen and oxygen atoms in total. The number of aliphatic hydroxyl groups is 2. The SMILES string of the molecule is COCC(=O)N(C1CCCCC1)[C@@H]1C=C(C(=O)NCCO)[C@@H]2c3cc(C=O)cc(OC)c3O[C@@H]2[C@H]1O. The van der Waals surface area contributed by atoms with Gasteiger partial charge in [-0.1, -0.05) is 19.3 Å². The molecule has 0 radical (unpaired) electrons. The van der Waals surface area contributed by atoms with Crippen molar-refractivity contribution in [1.82, 2.24) is 10.2 Å². The highest BCUT2D eigenvalue weighted by molar-refractivity contribution is 5.96. The number of hydrogen-bond acceptors (Lipinski definition) is 8. The highest BCUT2D eigenvalue weighted by Gasteiger charge is 2.52. The van der Waals surface area contributed by atoms with Crippen molar-refractivity contribution in [3.63, 3.8) is 0 Å². The zero-order valence-electron chi connectivity index (χ0n) is 20.6. The highest BCUT2D eigenvalue weighted by atomic mass is 16.5. The maximum atomic E-state index is 13.3. The Labute approximate surface area is 210 Å². The fourth-order valence-electron chi connectivity index (χ4n) is 5.70. The maximum absolute atomic E-state index is 13.3. The number of amides is 2. The van der Waals surface area contributed by atoms with E-state index in [1.165, 1.54) is 14.2 Å². The van der Waals surface area contributed by atoms with E-state index >= 15 is 0 Å². The predicted octanol–water partition coefficient (Wildman–Crippen LogP) is 0.938. The Hall–Kier alpha value is -2.95. The first kappa shape index (κ1) is 26.1. The second-order valence-electron chi connectivity index (χ2n) is 9.43. The van der Waals surface area contributed by atoms with E-state index in [0.29, 0.717) is 34.5 Å². The summed E-state index contributed by atoms with van der Waals surface area (Å²) in [5.41, 5.74) is 1.20. The number of rotatable bonds is 9. The monoisotopic (exact) mass is 502 g/mol. The van der Waals surface area contributed by atoms with Gasteiger partial charge in [-0.05, 0) is 31.1 Å². The molecule has 2 amide bonds. The van der Waals surface area contributed by atoms with Crippen LogP contribution >= 0.6 is 0 Å². The van der Waals surface area contributed by atoms with E-state index in [-0.39, 0.29) is 31.7 Å². The fraction of sp³-hybridized carbons (Fsp3) is 0.577. The summed E-state index contributed by atoms with van der Waals surface area (Å²) in [6.45, 7) is -0.345. The van der Waals surface area contributed by atoms with Gasteiger partial charge in [-0.15, -0.1) is 0 Å². The molecule has 4 rings (SSSR count). The molecule has 0 saturated heterocycles. The third-order valence-electron chi connectivity index (χ3n) is 7.26. The predicted molar refractivity (Wildman–Crippen MR) is 129 cm³/mol. The van der Waals surface area contributed by atoms with Gasteiger partial charge in [0.1, 0.15) is 25.1 Å². The molecule has 196 valence electrons. The van der Waals surface area contributed by atoms with Crippen molar-refractivity contribution in [3.05, 3.63) is 34.9 Å². The summed E-state index contributed by atoms with van der Waals surface area (Å²) in [6, 6.07) is 2.25. The molecular formula is C26H34N2O8. The molecule has 0 aromatic heterocycles. The molecule has 1 fully saturated rings. The third kappa shape index (κ3) is 4.85. The largest absolute Gasteiger partial charge is 0.493 e. The summed E-state index contributed by atoms with van der Waals surface area (Å²) in [4.78, 5) is 39.8. The van der Waals surface area contributed by atoms with Crippen LogP contribution in [0.5, 0.6) is 11.5 Å². The fourth-order valence-corrected chi connectivity index (χ4v) is 5.70. The first-order valence-electron chi connectivity index (χ1n) is 12.4. The average Bonchev–Trinajstić information content (AvgIpc) is 3.29. The summed E-state index contributed by atoms with van der Waals surface area (Å²) in [6.07, 6.45) is 4.90. The van der Waals surface area contributed by atoms with Crippen LogP contribution in [0.25, 0.3) is 0 Å². The number of hydrogen-bond donors (Lipinski definition) is 3. The first-order valence-corrected chi connectivity index (χ1v) is 12.4. The minimum atomic E-state index is -1.15. The number of fused-ring (bicyclic) bond motifs is 3. The van der Waals surface area contributed by atoms with Crippen LogP contribution in [-0.2, 0) is 14.3 Å². The van der Waals surface area contributed by atoms with E-state index in [1.807, 2.05) is 0 Å². The smallest absolute Gasteiger partial charge is 0.249 e. The lowest BCUT2D eigenvalue weighted by Crippen LogP contribution is -2.59. The van der Waals surface area contributed by atoms with E-state index in [1.54, 1.807) is 23.1 Å². The van der Waals surface area contributed by atoms with Crippen LogP contribution in [0.2, 0.25) is 0 Å². The molecule has 2 aliphatic carbocycles. The summed E-state index contributed by atoms with van der Waals surface area (Å²) in [7, 11) is 2.90. The lowest BCUT2D eigenvalue weighted by molar-refractivity contribution is -0.145. The number of ether oxygens (including phenoxy) is 3. The van der Waals surface area contributed by atoms with Crippen LogP contribution < -0.4 is 14.8 Å². The van der Waals surface area contributed by atoms with Gasteiger partial charge in [0.15, 0.2) is 11.5 Å². The summed E-state index contributed by atoms with van der Waals surface area (Å²) in [5.74, 6) is -0.724. The molecule has 1 aromatic rings. The highest BCUT2D eigenvalue weighted by Crippen LogP contribution is 2.51. The Balaban J connectivity index is 1.81. The standard InChI is InChI=1S/C26H34N2O8/c1-34-14-21(31)28(16-6-4-3-5-7-16)19-12-18(26(33)27-8-9-29)22-17-10-15(13-30)11-20(35-2)24(17)36-25(22)23(19)32/h10-13,16,19,22-23,25,29,32H,3-9,14H2,1-2H3,(H,27,33)/t19-,22+,23+,25+/m1/s1. The number of nitrogens with zero attached hydrogens (tertiary/aromatic N) is 1. The minimum Gasteiger partial charge on any atom is -0.493 e. The number of aliphatic hydroxyl groups excluding tert-OH is 2.